The molecule has 98 valence electrons. The standard InChI is InChI=1S/C18H15NO/c1-12-5-8-16(13(2)10-12)18(20)15-7-6-14-4-3-9-19-17(14)11-15/h3-11H,1-2H3. The molecule has 0 radical (unpaired) electrons. The molecule has 2 heteroatoms. The van der Waals surface area contributed by atoms with Gasteiger partial charge in [0, 0.05) is 22.7 Å². The van der Waals surface area contributed by atoms with Gasteiger partial charge in [0.2, 0.25) is 0 Å². The number of nitrogens with zero attached hydrogens (tertiary/aromatic N) is 1. The van der Waals surface area contributed by atoms with E-state index in [4.69, 9.17) is 0 Å². The van der Waals surface area contributed by atoms with Gasteiger partial charge in [-0.05, 0) is 31.5 Å². The van der Waals surface area contributed by atoms with E-state index in [1.165, 1.54) is 5.56 Å². The van der Waals surface area contributed by atoms with E-state index < -0.39 is 0 Å². The van der Waals surface area contributed by atoms with Crippen molar-refractivity contribution in [2.75, 3.05) is 0 Å². The van der Waals surface area contributed by atoms with Gasteiger partial charge in [-0.3, -0.25) is 9.78 Å². The Morgan fingerprint density at radius 1 is 1.00 bits per heavy atom. The number of rotatable bonds is 2. The molecule has 0 spiro atoms. The summed E-state index contributed by atoms with van der Waals surface area (Å²) in [5.41, 5.74) is 4.47. The molecule has 0 bridgehead atoms. The van der Waals surface area contributed by atoms with Crippen molar-refractivity contribution in [3.63, 3.8) is 0 Å². The third-order valence-corrected chi connectivity index (χ3v) is 3.49. The molecule has 3 rings (SSSR count). The van der Waals surface area contributed by atoms with Gasteiger partial charge in [0.1, 0.15) is 0 Å². The lowest BCUT2D eigenvalue weighted by molar-refractivity contribution is 0.103. The molecule has 2 aromatic carbocycles. The molecule has 0 fully saturated rings. The van der Waals surface area contributed by atoms with Crippen LogP contribution < -0.4 is 0 Å². The minimum Gasteiger partial charge on any atom is -0.289 e. The first kappa shape index (κ1) is 12.5. The van der Waals surface area contributed by atoms with E-state index in [2.05, 4.69) is 4.98 Å². The highest BCUT2D eigenvalue weighted by Crippen LogP contribution is 2.19. The summed E-state index contributed by atoms with van der Waals surface area (Å²) in [4.78, 5) is 16.9. The maximum absolute atomic E-state index is 12.6. The van der Waals surface area contributed by atoms with Crippen LogP contribution in [0.2, 0.25) is 0 Å². The van der Waals surface area contributed by atoms with E-state index in [1.54, 1.807) is 6.20 Å². The molecule has 2 nitrogen and oxygen atoms in total. The summed E-state index contributed by atoms with van der Waals surface area (Å²) in [6, 6.07) is 15.5. The number of aryl methyl sites for hydroxylation is 2. The molecule has 0 N–H and O–H groups in total. The Labute approximate surface area is 118 Å². The number of aromatic nitrogens is 1. The average molecular weight is 261 g/mol. The number of pyridine rings is 1. The predicted octanol–water partition coefficient (Wildman–Crippen LogP) is 4.08. The first-order chi connectivity index (χ1) is 9.65. The van der Waals surface area contributed by atoms with Crippen LogP contribution in [0.25, 0.3) is 10.9 Å². The van der Waals surface area contributed by atoms with Crippen LogP contribution in [0.1, 0.15) is 27.0 Å². The van der Waals surface area contributed by atoms with Crippen LogP contribution in [-0.4, -0.2) is 10.8 Å². The zero-order valence-corrected chi connectivity index (χ0v) is 11.6. The topological polar surface area (TPSA) is 30.0 Å². The lowest BCUT2D eigenvalue weighted by Crippen LogP contribution is -2.04. The Kier molecular flexibility index (Phi) is 3.07. The van der Waals surface area contributed by atoms with Gasteiger partial charge in [-0.15, -0.1) is 0 Å². The number of hydrogen-bond donors (Lipinski definition) is 0. The smallest absolute Gasteiger partial charge is 0.193 e. The van der Waals surface area contributed by atoms with E-state index in [9.17, 15) is 4.79 Å². The molecular formula is C18H15NO. The SMILES string of the molecule is Cc1ccc(C(=O)c2ccc3cccnc3c2)c(C)c1. The molecule has 0 aliphatic rings. The third kappa shape index (κ3) is 2.21. The second-order valence-corrected chi connectivity index (χ2v) is 5.06. The lowest BCUT2D eigenvalue weighted by Gasteiger charge is -2.07. The Morgan fingerprint density at radius 3 is 2.65 bits per heavy atom. The van der Waals surface area contributed by atoms with Crippen molar-refractivity contribution < 1.29 is 4.79 Å². The van der Waals surface area contributed by atoms with Gasteiger partial charge in [-0.25, -0.2) is 0 Å². The number of hydrogen-bond acceptors (Lipinski definition) is 2. The largest absolute Gasteiger partial charge is 0.289 e. The molecule has 1 aromatic heterocycles. The lowest BCUT2D eigenvalue weighted by atomic mass is 9.97. The first-order valence-corrected chi connectivity index (χ1v) is 6.62. The highest BCUT2D eigenvalue weighted by Gasteiger charge is 2.12. The van der Waals surface area contributed by atoms with Crippen molar-refractivity contribution in [2.45, 2.75) is 13.8 Å². The molecular weight excluding hydrogens is 246 g/mol. The van der Waals surface area contributed by atoms with Crippen molar-refractivity contribution >= 4 is 16.7 Å². The van der Waals surface area contributed by atoms with Gasteiger partial charge in [0.05, 0.1) is 5.52 Å². The fourth-order valence-corrected chi connectivity index (χ4v) is 2.43. The van der Waals surface area contributed by atoms with Gasteiger partial charge in [0.15, 0.2) is 5.78 Å². The van der Waals surface area contributed by atoms with Gasteiger partial charge in [-0.2, -0.15) is 0 Å². The molecule has 0 saturated heterocycles. The molecule has 0 atom stereocenters. The first-order valence-electron chi connectivity index (χ1n) is 6.62. The molecule has 0 amide bonds. The average Bonchev–Trinajstić information content (AvgIpc) is 2.46. The van der Waals surface area contributed by atoms with E-state index in [0.717, 1.165) is 22.0 Å². The third-order valence-electron chi connectivity index (χ3n) is 3.49. The Morgan fingerprint density at radius 2 is 1.85 bits per heavy atom. The second-order valence-electron chi connectivity index (χ2n) is 5.06. The normalized spacial score (nSPS) is 10.7. The summed E-state index contributed by atoms with van der Waals surface area (Å²) in [5, 5.41) is 1.05. The minimum absolute atomic E-state index is 0.0510. The monoisotopic (exact) mass is 261 g/mol. The fourth-order valence-electron chi connectivity index (χ4n) is 2.43. The maximum atomic E-state index is 12.6. The van der Waals surface area contributed by atoms with Crippen molar-refractivity contribution in [3.8, 4) is 0 Å². The number of carbonyl (C=O) groups excluding carboxylic acids is 1. The quantitative estimate of drug-likeness (QED) is 0.650. The summed E-state index contributed by atoms with van der Waals surface area (Å²) < 4.78 is 0. The summed E-state index contributed by atoms with van der Waals surface area (Å²) in [6.07, 6.45) is 1.74. The molecule has 0 saturated carbocycles. The zero-order chi connectivity index (χ0) is 14.1. The second kappa shape index (κ2) is 4.89. The number of benzene rings is 2. The Bertz CT molecular complexity index is 805. The maximum Gasteiger partial charge on any atom is 0.193 e. The van der Waals surface area contributed by atoms with Crippen LogP contribution in [0.15, 0.2) is 54.7 Å². The molecule has 1 heterocycles. The van der Waals surface area contributed by atoms with Crippen molar-refractivity contribution in [2.24, 2.45) is 0 Å². The Balaban J connectivity index is 2.08. The van der Waals surface area contributed by atoms with Crippen LogP contribution >= 0.6 is 0 Å². The van der Waals surface area contributed by atoms with Crippen molar-refractivity contribution in [1.82, 2.24) is 4.98 Å². The van der Waals surface area contributed by atoms with Crippen LogP contribution in [0.4, 0.5) is 0 Å². The molecule has 20 heavy (non-hydrogen) atoms. The number of carbonyl (C=O) groups is 1. The van der Waals surface area contributed by atoms with E-state index >= 15 is 0 Å². The van der Waals surface area contributed by atoms with E-state index in [1.807, 2.05) is 62.4 Å². The fraction of sp³-hybridized carbons (Fsp3) is 0.111. The van der Waals surface area contributed by atoms with Crippen LogP contribution in [0.5, 0.6) is 0 Å². The van der Waals surface area contributed by atoms with Gasteiger partial charge >= 0.3 is 0 Å². The zero-order valence-electron chi connectivity index (χ0n) is 11.6. The highest BCUT2D eigenvalue weighted by atomic mass is 16.1. The number of ketones is 1. The highest BCUT2D eigenvalue weighted by molar-refractivity contribution is 6.11. The van der Waals surface area contributed by atoms with Crippen LogP contribution in [0, 0.1) is 13.8 Å². The predicted molar refractivity (Wildman–Crippen MR) is 81.1 cm³/mol. The molecule has 0 aliphatic heterocycles. The van der Waals surface area contributed by atoms with Crippen LogP contribution in [-0.2, 0) is 0 Å². The molecule has 0 aliphatic carbocycles. The summed E-state index contributed by atoms with van der Waals surface area (Å²) >= 11 is 0. The van der Waals surface area contributed by atoms with Crippen molar-refractivity contribution in [3.05, 3.63) is 77.0 Å². The van der Waals surface area contributed by atoms with Crippen LogP contribution in [0.3, 0.4) is 0 Å². The summed E-state index contributed by atoms with van der Waals surface area (Å²) in [7, 11) is 0. The van der Waals surface area contributed by atoms with E-state index in [0.29, 0.717) is 5.56 Å². The van der Waals surface area contributed by atoms with Gasteiger partial charge in [-0.1, -0.05) is 42.0 Å². The molecule has 0 unspecified atom stereocenters. The number of fused-ring (bicyclic) bond motifs is 1. The van der Waals surface area contributed by atoms with Gasteiger partial charge in [0.25, 0.3) is 0 Å². The van der Waals surface area contributed by atoms with Crippen molar-refractivity contribution in [1.29, 1.82) is 0 Å². The van der Waals surface area contributed by atoms with E-state index in [-0.39, 0.29) is 5.78 Å². The summed E-state index contributed by atoms with van der Waals surface area (Å²) in [5.74, 6) is 0.0510. The summed E-state index contributed by atoms with van der Waals surface area (Å²) in [6.45, 7) is 4.00. The minimum atomic E-state index is 0.0510. The van der Waals surface area contributed by atoms with Gasteiger partial charge < -0.3 is 0 Å². The Hall–Kier alpha value is -2.48. The molecule has 3 aromatic rings.